The first-order valence-corrected chi connectivity index (χ1v) is 13.0. The van der Waals surface area contributed by atoms with Crippen LogP contribution in [0.2, 0.25) is 0 Å². The molecule has 6 N–H and O–H groups in total. The first-order valence-electron chi connectivity index (χ1n) is 12.2. The number of rotatable bonds is 6. The van der Waals surface area contributed by atoms with Gasteiger partial charge < -0.3 is 21.1 Å². The number of hydrazine groups is 2. The van der Waals surface area contributed by atoms with Crippen LogP contribution in [-0.2, 0) is 21.7 Å². The highest BCUT2D eigenvalue weighted by Crippen LogP contribution is 2.42. The SMILES string of the molecule is CC(C)(C)c1cc(NNSNNc2cc(C(C)(C)C)c(O)c(C(C)(C)C)c2)cc(C(C)(C)C)c1O. The summed E-state index contributed by atoms with van der Waals surface area (Å²) >= 11 is 1.26. The van der Waals surface area contributed by atoms with Crippen molar-refractivity contribution < 1.29 is 10.2 Å². The second-order valence-corrected chi connectivity index (χ2v) is 14.0. The summed E-state index contributed by atoms with van der Waals surface area (Å²) in [6.45, 7) is 25.2. The highest BCUT2D eigenvalue weighted by Gasteiger charge is 2.28. The minimum absolute atomic E-state index is 0.191. The first kappa shape index (κ1) is 29.1. The molecular weight excluding hydrogens is 456 g/mol. The summed E-state index contributed by atoms with van der Waals surface area (Å²) in [6.07, 6.45) is 0. The number of aromatic hydroxyl groups is 2. The molecule has 0 radical (unpaired) electrons. The van der Waals surface area contributed by atoms with E-state index in [9.17, 15) is 10.2 Å². The molecule has 0 unspecified atom stereocenters. The zero-order valence-electron chi connectivity index (χ0n) is 23.6. The topological polar surface area (TPSA) is 88.6 Å². The molecule has 35 heavy (non-hydrogen) atoms. The standard InChI is InChI=1S/C28H46N4O2S/c1-25(2,3)19-13-17(14-20(23(19)33)26(4,5)6)29-31-35-32-30-18-15-21(27(7,8)9)24(34)22(16-18)28(10,11)12/h13-16,29-34H,1-12H3. The van der Waals surface area contributed by atoms with E-state index in [1.54, 1.807) is 0 Å². The van der Waals surface area contributed by atoms with E-state index < -0.39 is 0 Å². The summed E-state index contributed by atoms with van der Waals surface area (Å²) in [5.74, 6) is 0.722. The second-order valence-electron chi connectivity index (χ2n) is 13.4. The van der Waals surface area contributed by atoms with Crippen molar-refractivity contribution in [1.29, 1.82) is 0 Å². The molecule has 0 saturated heterocycles. The van der Waals surface area contributed by atoms with Crippen LogP contribution in [0.3, 0.4) is 0 Å². The molecular formula is C28H46N4O2S. The molecule has 7 heteroatoms. The van der Waals surface area contributed by atoms with Crippen molar-refractivity contribution in [3.8, 4) is 11.5 Å². The van der Waals surface area contributed by atoms with Crippen LogP contribution in [0, 0.1) is 0 Å². The van der Waals surface area contributed by atoms with E-state index in [-0.39, 0.29) is 21.7 Å². The molecule has 0 saturated carbocycles. The maximum absolute atomic E-state index is 10.9. The van der Waals surface area contributed by atoms with Crippen molar-refractivity contribution in [3.05, 3.63) is 46.5 Å². The molecule has 0 amide bonds. The molecule has 0 aliphatic heterocycles. The van der Waals surface area contributed by atoms with E-state index in [1.807, 2.05) is 24.3 Å². The molecule has 0 aromatic heterocycles. The van der Waals surface area contributed by atoms with Gasteiger partial charge in [0, 0.05) is 34.4 Å². The largest absolute Gasteiger partial charge is 0.507 e. The summed E-state index contributed by atoms with van der Waals surface area (Å²) < 4.78 is 0. The monoisotopic (exact) mass is 502 g/mol. The normalized spacial score (nSPS) is 13.1. The van der Waals surface area contributed by atoms with Crippen LogP contribution in [-0.4, -0.2) is 10.2 Å². The van der Waals surface area contributed by atoms with Crippen LogP contribution in [0.5, 0.6) is 11.5 Å². The molecule has 0 aliphatic carbocycles. The van der Waals surface area contributed by atoms with Gasteiger partial charge in [0.05, 0.1) is 11.4 Å². The summed E-state index contributed by atoms with van der Waals surface area (Å²) in [6, 6.07) is 7.93. The Morgan fingerprint density at radius 1 is 0.486 bits per heavy atom. The van der Waals surface area contributed by atoms with Crippen LogP contribution >= 0.6 is 12.1 Å². The van der Waals surface area contributed by atoms with E-state index in [4.69, 9.17) is 0 Å². The Labute approximate surface area is 216 Å². The second kappa shape index (κ2) is 10.1. The van der Waals surface area contributed by atoms with Gasteiger partial charge in [-0.15, -0.1) is 0 Å². The fourth-order valence-electron chi connectivity index (χ4n) is 3.89. The summed E-state index contributed by atoms with van der Waals surface area (Å²) in [4.78, 5) is 6.22. The quantitative estimate of drug-likeness (QED) is 0.106. The van der Waals surface area contributed by atoms with Crippen molar-refractivity contribution in [1.82, 2.24) is 9.66 Å². The van der Waals surface area contributed by atoms with Crippen LogP contribution in [0.1, 0.15) is 105 Å². The molecule has 196 valence electrons. The highest BCUT2D eigenvalue weighted by atomic mass is 32.2. The van der Waals surface area contributed by atoms with Crippen molar-refractivity contribution in [3.63, 3.8) is 0 Å². The van der Waals surface area contributed by atoms with Gasteiger partial charge in [-0.1, -0.05) is 83.1 Å². The Morgan fingerprint density at radius 3 is 0.914 bits per heavy atom. The third kappa shape index (κ3) is 7.45. The third-order valence-electron chi connectivity index (χ3n) is 5.94. The van der Waals surface area contributed by atoms with Crippen LogP contribution < -0.4 is 20.5 Å². The van der Waals surface area contributed by atoms with Crippen molar-refractivity contribution >= 4 is 23.5 Å². The van der Waals surface area contributed by atoms with Crippen LogP contribution in [0.15, 0.2) is 24.3 Å². The minimum atomic E-state index is -0.191. The van der Waals surface area contributed by atoms with Crippen LogP contribution in [0.4, 0.5) is 11.4 Å². The predicted molar refractivity (Wildman–Crippen MR) is 152 cm³/mol. The average molecular weight is 503 g/mol. The summed E-state index contributed by atoms with van der Waals surface area (Å²) in [5.41, 5.74) is 11.0. The lowest BCUT2D eigenvalue weighted by molar-refractivity contribution is 0.422. The Bertz CT molecular complexity index is 885. The number of nitrogens with one attached hydrogen (secondary N) is 4. The van der Waals surface area contributed by atoms with Gasteiger partial charge in [0.25, 0.3) is 0 Å². The molecule has 2 aromatic rings. The van der Waals surface area contributed by atoms with E-state index in [0.717, 1.165) is 33.6 Å². The smallest absolute Gasteiger partial charge is 0.123 e. The highest BCUT2D eigenvalue weighted by molar-refractivity contribution is 7.95. The van der Waals surface area contributed by atoms with Crippen LogP contribution in [0.25, 0.3) is 0 Å². The van der Waals surface area contributed by atoms with Gasteiger partial charge in [-0.25, -0.2) is 0 Å². The lowest BCUT2D eigenvalue weighted by atomic mass is 9.79. The van der Waals surface area contributed by atoms with E-state index in [1.165, 1.54) is 12.1 Å². The Kier molecular flexibility index (Phi) is 8.42. The lowest BCUT2D eigenvalue weighted by Crippen LogP contribution is -2.25. The van der Waals surface area contributed by atoms with E-state index in [0.29, 0.717) is 11.5 Å². The fourth-order valence-corrected chi connectivity index (χ4v) is 4.28. The minimum Gasteiger partial charge on any atom is -0.507 e. The zero-order valence-corrected chi connectivity index (χ0v) is 24.4. The van der Waals surface area contributed by atoms with E-state index in [2.05, 4.69) is 104 Å². The molecule has 0 atom stereocenters. The van der Waals surface area contributed by atoms with Gasteiger partial charge in [0.2, 0.25) is 0 Å². The Balaban J connectivity index is 2.15. The summed E-state index contributed by atoms with van der Waals surface area (Å²) in [7, 11) is 0. The molecule has 6 nitrogen and oxygen atoms in total. The van der Waals surface area contributed by atoms with Gasteiger partial charge in [-0.3, -0.25) is 0 Å². The van der Waals surface area contributed by atoms with Crippen molar-refractivity contribution in [2.75, 3.05) is 10.9 Å². The van der Waals surface area contributed by atoms with Gasteiger partial charge in [0.15, 0.2) is 0 Å². The fraction of sp³-hybridized carbons (Fsp3) is 0.571. The number of hydrogen-bond donors (Lipinski definition) is 6. The molecule has 2 rings (SSSR count). The van der Waals surface area contributed by atoms with Crippen molar-refractivity contribution in [2.24, 2.45) is 0 Å². The Morgan fingerprint density at radius 2 is 0.714 bits per heavy atom. The number of phenolic OH excluding ortho intramolecular Hbond substituents is 2. The van der Waals surface area contributed by atoms with Crippen molar-refractivity contribution in [2.45, 2.75) is 105 Å². The van der Waals surface area contributed by atoms with E-state index >= 15 is 0 Å². The first-order chi connectivity index (χ1) is 15.7. The van der Waals surface area contributed by atoms with Gasteiger partial charge in [-0.05, 0) is 45.9 Å². The molecule has 0 spiro atoms. The van der Waals surface area contributed by atoms with Gasteiger partial charge in [0.1, 0.15) is 11.5 Å². The van der Waals surface area contributed by atoms with Gasteiger partial charge in [-0.2, -0.15) is 9.66 Å². The number of anilines is 2. The zero-order chi connectivity index (χ0) is 27.0. The van der Waals surface area contributed by atoms with Gasteiger partial charge >= 0.3 is 0 Å². The lowest BCUT2D eigenvalue weighted by Gasteiger charge is -2.28. The molecule has 0 aliphatic rings. The number of benzene rings is 2. The summed E-state index contributed by atoms with van der Waals surface area (Å²) in [5, 5.41) is 21.8. The number of phenols is 2. The average Bonchev–Trinajstić information content (AvgIpc) is 2.66. The molecule has 0 heterocycles. The predicted octanol–water partition coefficient (Wildman–Crippen LogP) is 7.38. The molecule has 0 bridgehead atoms. The third-order valence-corrected chi connectivity index (χ3v) is 6.35. The maximum atomic E-state index is 10.9. The maximum Gasteiger partial charge on any atom is 0.123 e. The molecule has 0 fully saturated rings. The number of hydrogen-bond acceptors (Lipinski definition) is 7. The molecule has 2 aromatic carbocycles. The Hall–Kier alpha value is -2.09.